The lowest BCUT2D eigenvalue weighted by molar-refractivity contribution is -0.353. The van der Waals surface area contributed by atoms with Crippen molar-refractivity contribution < 1.29 is 27.8 Å². The third-order valence-corrected chi connectivity index (χ3v) is 1.85. The number of alkyl halides is 3. The van der Waals surface area contributed by atoms with Crippen LogP contribution < -0.4 is 5.73 Å². The quantitative estimate of drug-likeness (QED) is 0.736. The molecule has 0 saturated heterocycles. The zero-order chi connectivity index (χ0) is 11.7. The van der Waals surface area contributed by atoms with Crippen molar-refractivity contribution in [3.8, 4) is 0 Å². The standard InChI is InChI=1S/C8H8F3NO3/c9-8(10,11)15-7(6(13)14)3-1-5(12)2-4-7/h1-3H,4,12H2,(H,13,14). The summed E-state index contributed by atoms with van der Waals surface area (Å²) >= 11 is 0. The van der Waals surface area contributed by atoms with Gasteiger partial charge in [0.15, 0.2) is 5.60 Å². The first-order valence-corrected chi connectivity index (χ1v) is 3.90. The maximum absolute atomic E-state index is 12.0. The lowest BCUT2D eigenvalue weighted by atomic mass is 9.94. The molecule has 15 heavy (non-hydrogen) atoms. The second-order valence-electron chi connectivity index (χ2n) is 2.98. The number of allylic oxidation sites excluding steroid dienone is 1. The van der Waals surface area contributed by atoms with Crippen LogP contribution in [0.15, 0.2) is 23.9 Å². The molecular formula is C8H8F3NO3. The van der Waals surface area contributed by atoms with Gasteiger partial charge in [-0.3, -0.25) is 4.74 Å². The van der Waals surface area contributed by atoms with Gasteiger partial charge in [-0.15, -0.1) is 13.2 Å². The monoisotopic (exact) mass is 223 g/mol. The molecule has 3 N–H and O–H groups in total. The van der Waals surface area contributed by atoms with Crippen LogP contribution in [0.2, 0.25) is 0 Å². The molecule has 0 aromatic rings. The van der Waals surface area contributed by atoms with Crippen molar-refractivity contribution in [3.05, 3.63) is 23.9 Å². The molecule has 0 saturated carbocycles. The molecule has 0 amide bonds. The van der Waals surface area contributed by atoms with Gasteiger partial charge >= 0.3 is 12.3 Å². The highest BCUT2D eigenvalue weighted by atomic mass is 19.4. The van der Waals surface area contributed by atoms with Crippen molar-refractivity contribution in [2.24, 2.45) is 5.73 Å². The van der Waals surface area contributed by atoms with Crippen LogP contribution in [-0.4, -0.2) is 23.0 Å². The van der Waals surface area contributed by atoms with Crippen LogP contribution in [0.1, 0.15) is 6.42 Å². The van der Waals surface area contributed by atoms with Gasteiger partial charge < -0.3 is 10.8 Å². The van der Waals surface area contributed by atoms with E-state index >= 15 is 0 Å². The van der Waals surface area contributed by atoms with E-state index in [0.29, 0.717) is 0 Å². The van der Waals surface area contributed by atoms with Crippen molar-refractivity contribution in [3.63, 3.8) is 0 Å². The molecule has 0 spiro atoms. The van der Waals surface area contributed by atoms with Crippen LogP contribution in [0.5, 0.6) is 0 Å². The third-order valence-electron chi connectivity index (χ3n) is 1.85. The average Bonchev–Trinajstić information content (AvgIpc) is 2.06. The number of nitrogens with two attached hydrogens (primary N) is 1. The lowest BCUT2D eigenvalue weighted by Gasteiger charge is -2.28. The summed E-state index contributed by atoms with van der Waals surface area (Å²) in [5.41, 5.74) is 3.07. The van der Waals surface area contributed by atoms with E-state index < -0.39 is 24.4 Å². The Kier molecular flexibility index (Phi) is 2.76. The van der Waals surface area contributed by atoms with Gasteiger partial charge in [0.1, 0.15) is 0 Å². The van der Waals surface area contributed by atoms with E-state index in [0.717, 1.165) is 12.2 Å². The summed E-state index contributed by atoms with van der Waals surface area (Å²) in [5.74, 6) is -1.71. The van der Waals surface area contributed by atoms with Crippen LogP contribution in [0.25, 0.3) is 0 Å². The minimum absolute atomic E-state index is 0.206. The fraction of sp³-hybridized carbons (Fsp3) is 0.375. The number of ether oxygens (including phenoxy) is 1. The maximum Gasteiger partial charge on any atom is 0.523 e. The largest absolute Gasteiger partial charge is 0.523 e. The number of aliphatic carboxylic acids is 1. The van der Waals surface area contributed by atoms with Crippen LogP contribution in [0, 0.1) is 0 Å². The first-order valence-electron chi connectivity index (χ1n) is 3.90. The van der Waals surface area contributed by atoms with Crippen molar-refractivity contribution >= 4 is 5.97 Å². The zero-order valence-corrected chi connectivity index (χ0v) is 7.41. The van der Waals surface area contributed by atoms with Crippen LogP contribution in [-0.2, 0) is 9.53 Å². The Hall–Kier alpha value is -1.50. The van der Waals surface area contributed by atoms with E-state index in [2.05, 4.69) is 4.74 Å². The average molecular weight is 223 g/mol. The molecule has 1 atom stereocenters. The Labute approximate surface area is 82.8 Å². The summed E-state index contributed by atoms with van der Waals surface area (Å²) in [6.07, 6.45) is -2.44. The molecule has 1 aliphatic carbocycles. The summed E-state index contributed by atoms with van der Waals surface area (Å²) < 4.78 is 39.5. The maximum atomic E-state index is 12.0. The summed E-state index contributed by atoms with van der Waals surface area (Å²) in [5, 5.41) is 8.69. The lowest BCUT2D eigenvalue weighted by Crippen LogP contribution is -2.44. The normalized spacial score (nSPS) is 26.2. The second-order valence-corrected chi connectivity index (χ2v) is 2.98. The van der Waals surface area contributed by atoms with Crippen molar-refractivity contribution in [1.82, 2.24) is 0 Å². The molecule has 1 unspecified atom stereocenters. The van der Waals surface area contributed by atoms with Gasteiger partial charge in [0, 0.05) is 12.1 Å². The highest BCUT2D eigenvalue weighted by Crippen LogP contribution is 2.32. The van der Waals surface area contributed by atoms with Gasteiger partial charge in [0.25, 0.3) is 0 Å². The predicted molar refractivity (Wildman–Crippen MR) is 43.5 cm³/mol. The molecule has 0 bridgehead atoms. The van der Waals surface area contributed by atoms with Crippen LogP contribution >= 0.6 is 0 Å². The fourth-order valence-corrected chi connectivity index (χ4v) is 1.12. The minimum Gasteiger partial charge on any atom is -0.479 e. The Morgan fingerprint density at radius 1 is 1.60 bits per heavy atom. The Balaban J connectivity index is 2.93. The van der Waals surface area contributed by atoms with Crippen molar-refractivity contribution in [2.45, 2.75) is 18.4 Å². The first kappa shape index (κ1) is 11.6. The molecule has 4 nitrogen and oxygen atoms in total. The number of hydrogen-bond donors (Lipinski definition) is 2. The number of hydrogen-bond acceptors (Lipinski definition) is 3. The van der Waals surface area contributed by atoms with Gasteiger partial charge in [-0.2, -0.15) is 0 Å². The second kappa shape index (κ2) is 3.58. The highest BCUT2D eigenvalue weighted by Gasteiger charge is 2.47. The highest BCUT2D eigenvalue weighted by molar-refractivity contribution is 5.81. The molecule has 1 aliphatic rings. The molecule has 84 valence electrons. The van der Waals surface area contributed by atoms with Crippen LogP contribution in [0.3, 0.4) is 0 Å². The molecule has 0 aromatic carbocycles. The van der Waals surface area contributed by atoms with Gasteiger partial charge in [0.05, 0.1) is 0 Å². The molecule has 0 radical (unpaired) electrons. The molecule has 7 heteroatoms. The van der Waals surface area contributed by atoms with Crippen LogP contribution in [0.4, 0.5) is 13.2 Å². The first-order chi connectivity index (χ1) is 6.75. The minimum atomic E-state index is -5.01. The molecular weight excluding hydrogens is 215 g/mol. The van der Waals surface area contributed by atoms with Gasteiger partial charge in [0.2, 0.25) is 0 Å². The summed E-state index contributed by atoms with van der Waals surface area (Å²) in [6, 6.07) is 0. The van der Waals surface area contributed by atoms with E-state index in [1.807, 2.05) is 0 Å². The Morgan fingerprint density at radius 3 is 2.53 bits per heavy atom. The fourth-order valence-electron chi connectivity index (χ4n) is 1.12. The number of rotatable bonds is 2. The molecule has 1 rings (SSSR count). The van der Waals surface area contributed by atoms with E-state index in [4.69, 9.17) is 10.8 Å². The summed E-state index contributed by atoms with van der Waals surface area (Å²) in [6.45, 7) is 0. The predicted octanol–water partition coefficient (Wildman–Crippen LogP) is 1.15. The van der Waals surface area contributed by atoms with Gasteiger partial charge in [-0.25, -0.2) is 4.79 Å². The van der Waals surface area contributed by atoms with E-state index in [-0.39, 0.29) is 5.70 Å². The molecule has 0 aromatic heterocycles. The number of carboxylic acids is 1. The third kappa shape index (κ3) is 2.72. The van der Waals surface area contributed by atoms with Crippen molar-refractivity contribution in [2.75, 3.05) is 0 Å². The molecule has 0 heterocycles. The number of carboxylic acid groups (broad SMARTS) is 1. The Morgan fingerprint density at radius 2 is 2.20 bits per heavy atom. The molecule has 0 aliphatic heterocycles. The van der Waals surface area contributed by atoms with Gasteiger partial charge in [-0.05, 0) is 12.2 Å². The molecule has 0 fully saturated rings. The Bertz CT molecular complexity index is 335. The SMILES string of the molecule is NC1=CCC(OC(F)(F)F)(C(=O)O)C=C1. The van der Waals surface area contributed by atoms with E-state index in [1.54, 1.807) is 0 Å². The topological polar surface area (TPSA) is 72.5 Å². The van der Waals surface area contributed by atoms with Gasteiger partial charge in [-0.1, -0.05) is 6.08 Å². The van der Waals surface area contributed by atoms with E-state index in [9.17, 15) is 18.0 Å². The van der Waals surface area contributed by atoms with Crippen molar-refractivity contribution in [1.29, 1.82) is 0 Å². The zero-order valence-electron chi connectivity index (χ0n) is 7.41. The summed E-state index contributed by atoms with van der Waals surface area (Å²) in [7, 11) is 0. The van der Waals surface area contributed by atoms with E-state index in [1.165, 1.54) is 6.08 Å². The summed E-state index contributed by atoms with van der Waals surface area (Å²) in [4.78, 5) is 10.7. The number of halogens is 3. The number of carbonyl (C=O) groups is 1. The smallest absolute Gasteiger partial charge is 0.479 e.